The van der Waals surface area contributed by atoms with Gasteiger partial charge in [-0.2, -0.15) is 20.3 Å². The quantitative estimate of drug-likeness (QED) is 0.519. The van der Waals surface area contributed by atoms with Crippen LogP contribution in [0.3, 0.4) is 0 Å². The standard InChI is InChI=1S/C24H28N8O/c1-14-8-19(20(33-3)9-18(14)16-12-27-32(2)13-16)29-24-30-22-21(15(10-25)11-26-22)23(31-24)28-17-6-4-5-7-17/h9,11-14,17H,4-8H2,1-3H3,(H3,26,28,29,30,31). The van der Waals surface area contributed by atoms with Gasteiger partial charge >= 0.3 is 0 Å². The van der Waals surface area contributed by atoms with Crippen molar-refractivity contribution < 1.29 is 4.74 Å². The third-order valence-electron chi connectivity index (χ3n) is 6.49. The minimum absolute atomic E-state index is 0.270. The maximum Gasteiger partial charge on any atom is 0.231 e. The van der Waals surface area contributed by atoms with E-state index in [9.17, 15) is 5.26 Å². The summed E-state index contributed by atoms with van der Waals surface area (Å²) >= 11 is 0. The van der Waals surface area contributed by atoms with E-state index in [2.05, 4.69) is 44.8 Å². The molecule has 2 aliphatic rings. The molecule has 3 heterocycles. The normalized spacial score (nSPS) is 19.0. The molecular weight excluding hydrogens is 416 g/mol. The summed E-state index contributed by atoms with van der Waals surface area (Å²) in [6, 6.07) is 2.61. The minimum Gasteiger partial charge on any atom is -0.495 e. The second-order valence-electron chi connectivity index (χ2n) is 8.84. The Bertz CT molecular complexity index is 1290. The fourth-order valence-electron chi connectivity index (χ4n) is 4.80. The molecule has 1 fully saturated rings. The summed E-state index contributed by atoms with van der Waals surface area (Å²) in [5.41, 5.74) is 4.39. The van der Waals surface area contributed by atoms with Crippen molar-refractivity contribution in [3.8, 4) is 6.07 Å². The molecule has 9 heteroatoms. The molecule has 0 aromatic carbocycles. The monoisotopic (exact) mass is 444 g/mol. The van der Waals surface area contributed by atoms with Crippen LogP contribution in [0.25, 0.3) is 16.6 Å². The van der Waals surface area contributed by atoms with Gasteiger partial charge in [0.1, 0.15) is 23.3 Å². The Morgan fingerprint density at radius 2 is 2.09 bits per heavy atom. The zero-order valence-electron chi connectivity index (χ0n) is 19.1. The van der Waals surface area contributed by atoms with Crippen molar-refractivity contribution >= 4 is 28.4 Å². The number of ether oxygens (including phenoxy) is 1. The van der Waals surface area contributed by atoms with Crippen LogP contribution in [-0.4, -0.2) is 37.9 Å². The first kappa shape index (κ1) is 21.1. The van der Waals surface area contributed by atoms with Crippen LogP contribution in [-0.2, 0) is 11.8 Å². The third kappa shape index (κ3) is 4.04. The summed E-state index contributed by atoms with van der Waals surface area (Å²) in [7, 11) is 3.59. The molecule has 33 heavy (non-hydrogen) atoms. The van der Waals surface area contributed by atoms with Crippen LogP contribution in [0.5, 0.6) is 0 Å². The summed E-state index contributed by atoms with van der Waals surface area (Å²) in [6.45, 7) is 2.19. The second-order valence-corrected chi connectivity index (χ2v) is 8.84. The van der Waals surface area contributed by atoms with Gasteiger partial charge in [0.05, 0.1) is 30.0 Å². The highest BCUT2D eigenvalue weighted by atomic mass is 16.5. The number of fused-ring (bicyclic) bond motifs is 1. The summed E-state index contributed by atoms with van der Waals surface area (Å²) in [5.74, 6) is 2.20. The van der Waals surface area contributed by atoms with Crippen LogP contribution in [0.1, 0.15) is 50.2 Å². The van der Waals surface area contributed by atoms with E-state index in [4.69, 9.17) is 9.72 Å². The van der Waals surface area contributed by atoms with E-state index in [1.807, 2.05) is 19.4 Å². The number of aryl methyl sites for hydroxylation is 1. The number of hydrogen-bond donors (Lipinski definition) is 3. The van der Waals surface area contributed by atoms with E-state index in [1.165, 1.54) is 18.4 Å². The average molecular weight is 445 g/mol. The summed E-state index contributed by atoms with van der Waals surface area (Å²) in [5, 5.41) is 21.6. The fourth-order valence-corrected chi connectivity index (χ4v) is 4.80. The van der Waals surface area contributed by atoms with Gasteiger partial charge in [-0.3, -0.25) is 4.68 Å². The Morgan fingerprint density at radius 1 is 1.27 bits per heavy atom. The summed E-state index contributed by atoms with van der Waals surface area (Å²) in [6.07, 6.45) is 13.0. The first-order valence-corrected chi connectivity index (χ1v) is 11.4. The molecule has 0 spiro atoms. The lowest BCUT2D eigenvalue weighted by Gasteiger charge is -2.25. The van der Waals surface area contributed by atoms with E-state index in [0.29, 0.717) is 29.0 Å². The number of H-pyrrole nitrogens is 1. The maximum atomic E-state index is 9.55. The molecule has 0 amide bonds. The second kappa shape index (κ2) is 8.62. The highest BCUT2D eigenvalue weighted by Gasteiger charge is 2.25. The lowest BCUT2D eigenvalue weighted by molar-refractivity contribution is 0.298. The van der Waals surface area contributed by atoms with Gasteiger partial charge in [-0.15, -0.1) is 0 Å². The Hall–Kier alpha value is -3.80. The molecule has 9 nitrogen and oxygen atoms in total. The van der Waals surface area contributed by atoms with Crippen molar-refractivity contribution in [3.63, 3.8) is 0 Å². The van der Waals surface area contributed by atoms with Crippen molar-refractivity contribution in [2.24, 2.45) is 13.0 Å². The highest BCUT2D eigenvalue weighted by Crippen LogP contribution is 2.36. The molecule has 3 N–H and O–H groups in total. The Balaban J connectivity index is 1.51. The van der Waals surface area contributed by atoms with Gasteiger partial charge in [-0.25, -0.2) is 0 Å². The largest absolute Gasteiger partial charge is 0.495 e. The van der Waals surface area contributed by atoms with Gasteiger partial charge in [-0.05, 0) is 36.8 Å². The van der Waals surface area contributed by atoms with Crippen LogP contribution in [0.4, 0.5) is 11.8 Å². The number of rotatable bonds is 6. The summed E-state index contributed by atoms with van der Waals surface area (Å²) < 4.78 is 7.53. The zero-order chi connectivity index (χ0) is 22.9. The first-order chi connectivity index (χ1) is 16.1. The lowest BCUT2D eigenvalue weighted by Crippen LogP contribution is -2.18. The van der Waals surface area contributed by atoms with Gasteiger partial charge < -0.3 is 20.4 Å². The molecule has 0 aliphatic heterocycles. The molecule has 0 radical (unpaired) electrons. The number of aromatic nitrogens is 5. The maximum absolute atomic E-state index is 9.55. The number of hydrogen-bond acceptors (Lipinski definition) is 7. The van der Waals surface area contributed by atoms with Gasteiger partial charge in [0.25, 0.3) is 0 Å². The molecule has 2 aliphatic carbocycles. The number of nitrogens with one attached hydrogen (secondary N) is 3. The van der Waals surface area contributed by atoms with Crippen molar-refractivity contribution in [2.45, 2.75) is 45.1 Å². The van der Waals surface area contributed by atoms with Gasteiger partial charge in [0.2, 0.25) is 5.95 Å². The highest BCUT2D eigenvalue weighted by molar-refractivity contribution is 5.93. The number of aromatic amines is 1. The number of anilines is 2. The molecule has 0 saturated heterocycles. The van der Waals surface area contributed by atoms with E-state index in [0.717, 1.165) is 41.7 Å². The molecule has 170 valence electrons. The molecule has 1 saturated carbocycles. The molecule has 5 rings (SSSR count). The van der Waals surface area contributed by atoms with Gasteiger partial charge in [-0.1, -0.05) is 19.8 Å². The van der Waals surface area contributed by atoms with E-state index < -0.39 is 0 Å². The van der Waals surface area contributed by atoms with Gasteiger partial charge in [0, 0.05) is 31.0 Å². The Kier molecular flexibility index (Phi) is 5.50. The van der Waals surface area contributed by atoms with Crippen LogP contribution in [0.15, 0.2) is 36.1 Å². The SMILES string of the molecule is COC1=C(Nc2nc(NC3CCCC3)c3c(C#N)c[nH]c3n2)CC(C)C(c2cnn(C)c2)=C1. The predicted molar refractivity (Wildman–Crippen MR) is 127 cm³/mol. The summed E-state index contributed by atoms with van der Waals surface area (Å²) in [4.78, 5) is 12.6. The van der Waals surface area contributed by atoms with Crippen molar-refractivity contribution in [2.75, 3.05) is 17.7 Å². The number of nitriles is 1. The molecule has 1 unspecified atom stereocenters. The number of methoxy groups -OCH3 is 1. The average Bonchev–Trinajstić information content (AvgIpc) is 3.55. The van der Waals surface area contributed by atoms with E-state index >= 15 is 0 Å². The van der Waals surface area contributed by atoms with Crippen LogP contribution in [0, 0.1) is 17.2 Å². The molecular formula is C24H28N8O. The van der Waals surface area contributed by atoms with E-state index in [-0.39, 0.29) is 5.92 Å². The van der Waals surface area contributed by atoms with E-state index in [1.54, 1.807) is 18.0 Å². The number of nitrogens with zero attached hydrogens (tertiary/aromatic N) is 5. The molecule has 3 aromatic rings. The topological polar surface area (TPSA) is 116 Å². The minimum atomic E-state index is 0.270. The molecule has 0 bridgehead atoms. The van der Waals surface area contributed by atoms with Crippen molar-refractivity contribution in [1.82, 2.24) is 24.7 Å². The lowest BCUT2D eigenvalue weighted by atomic mass is 9.87. The molecule has 3 aromatic heterocycles. The van der Waals surface area contributed by atoms with Crippen LogP contribution < -0.4 is 10.6 Å². The van der Waals surface area contributed by atoms with Crippen LogP contribution >= 0.6 is 0 Å². The third-order valence-corrected chi connectivity index (χ3v) is 6.49. The van der Waals surface area contributed by atoms with Crippen molar-refractivity contribution in [3.05, 3.63) is 47.2 Å². The Labute approximate surface area is 192 Å². The predicted octanol–water partition coefficient (Wildman–Crippen LogP) is 4.31. The van der Waals surface area contributed by atoms with Gasteiger partial charge in [0.15, 0.2) is 0 Å². The van der Waals surface area contributed by atoms with Crippen molar-refractivity contribution in [1.29, 1.82) is 5.26 Å². The molecule has 1 atom stereocenters. The smallest absolute Gasteiger partial charge is 0.231 e. The van der Waals surface area contributed by atoms with Crippen LogP contribution in [0.2, 0.25) is 0 Å². The number of allylic oxidation sites excluding steroid dienone is 3. The zero-order valence-corrected chi connectivity index (χ0v) is 19.1. The first-order valence-electron chi connectivity index (χ1n) is 11.4. The Morgan fingerprint density at radius 3 is 2.79 bits per heavy atom. The fraction of sp³-hybridized carbons (Fsp3) is 0.417.